The van der Waals surface area contributed by atoms with E-state index in [1.165, 1.54) is 9.78 Å². The lowest BCUT2D eigenvalue weighted by Crippen LogP contribution is -3.13. The molecule has 0 spiro atoms. The van der Waals surface area contributed by atoms with Crippen LogP contribution in [-0.4, -0.2) is 64.7 Å². The maximum atomic E-state index is 12.4. The molecule has 2 aromatic rings. The van der Waals surface area contributed by atoms with E-state index in [-0.39, 0.29) is 5.56 Å². The van der Waals surface area contributed by atoms with Gasteiger partial charge in [-0.1, -0.05) is 0 Å². The predicted molar refractivity (Wildman–Crippen MR) is 119 cm³/mol. The Kier molecular flexibility index (Phi) is 7.13. The second-order valence-corrected chi connectivity index (χ2v) is 9.54. The van der Waals surface area contributed by atoms with Crippen LogP contribution >= 0.6 is 35.3 Å². The number of aromatic nitrogens is 2. The number of fused-ring (bicyclic) bond motifs is 1. The van der Waals surface area contributed by atoms with E-state index in [0.29, 0.717) is 0 Å². The summed E-state index contributed by atoms with van der Waals surface area (Å²) in [4.78, 5) is 25.8. The van der Waals surface area contributed by atoms with Crippen LogP contribution in [0.5, 0.6) is 0 Å². The Bertz CT molecular complexity index is 855. The Morgan fingerprint density at radius 1 is 1.41 bits per heavy atom. The van der Waals surface area contributed by atoms with E-state index in [9.17, 15) is 4.79 Å². The smallest absolute Gasteiger partial charge is 0.260 e. The van der Waals surface area contributed by atoms with Crippen molar-refractivity contribution >= 4 is 50.6 Å². The molecule has 3 heterocycles. The zero-order chi connectivity index (χ0) is 19.4. The molecule has 0 saturated carbocycles. The third kappa shape index (κ3) is 5.01. The van der Waals surface area contributed by atoms with Gasteiger partial charge in [-0.3, -0.25) is 4.79 Å². The number of H-pyrrole nitrogens is 1. The monoisotopic (exact) mass is 426 g/mol. The van der Waals surface area contributed by atoms with Crippen molar-refractivity contribution in [3.8, 4) is 0 Å². The fourth-order valence-corrected chi connectivity index (χ4v) is 5.11. The van der Waals surface area contributed by atoms with Gasteiger partial charge in [-0.25, -0.2) is 4.98 Å². The highest BCUT2D eigenvalue weighted by molar-refractivity contribution is 7.98. The van der Waals surface area contributed by atoms with Gasteiger partial charge in [-0.2, -0.15) is 11.8 Å². The highest BCUT2D eigenvalue weighted by atomic mass is 32.2. The first-order valence-electron chi connectivity index (χ1n) is 9.33. The number of nitrogens with one attached hydrogen (secondary N) is 3. The number of quaternary nitrogens is 1. The van der Waals surface area contributed by atoms with E-state index in [4.69, 9.17) is 17.2 Å². The minimum absolute atomic E-state index is 0.00879. The highest BCUT2D eigenvalue weighted by Gasteiger charge is 2.23. The third-order valence-electron chi connectivity index (χ3n) is 5.06. The van der Waals surface area contributed by atoms with Crippen LogP contribution < -0.4 is 15.8 Å². The van der Waals surface area contributed by atoms with Crippen LogP contribution in [0.15, 0.2) is 4.79 Å². The van der Waals surface area contributed by atoms with E-state index in [1.54, 1.807) is 11.3 Å². The van der Waals surface area contributed by atoms with Gasteiger partial charge in [-0.15, -0.1) is 11.3 Å². The zero-order valence-electron chi connectivity index (χ0n) is 16.2. The van der Waals surface area contributed by atoms with Crippen molar-refractivity contribution in [3.05, 3.63) is 26.6 Å². The molecule has 2 aromatic heterocycles. The SMILES string of the molecule is CSCCCNC(=S)N1CC[NH+](Cc2nc3sc(C)c(C)c3c(=O)[nH]2)CC1. The number of hydrogen-bond donors (Lipinski definition) is 3. The highest BCUT2D eigenvalue weighted by Crippen LogP contribution is 2.25. The van der Waals surface area contributed by atoms with E-state index in [0.717, 1.165) is 78.2 Å². The zero-order valence-corrected chi connectivity index (χ0v) is 18.6. The number of thioether (sulfide) groups is 1. The van der Waals surface area contributed by atoms with Gasteiger partial charge in [0.1, 0.15) is 11.4 Å². The molecule has 3 rings (SSSR count). The number of thiophene rings is 1. The molecule has 0 aliphatic carbocycles. The van der Waals surface area contributed by atoms with Gasteiger partial charge in [0.15, 0.2) is 10.9 Å². The topological polar surface area (TPSA) is 65.5 Å². The lowest BCUT2D eigenvalue weighted by atomic mass is 10.2. The van der Waals surface area contributed by atoms with Crippen molar-refractivity contribution in [1.29, 1.82) is 0 Å². The molecule has 1 aliphatic rings. The van der Waals surface area contributed by atoms with Gasteiger partial charge in [-0.05, 0) is 50.1 Å². The van der Waals surface area contributed by atoms with Crippen LogP contribution in [0.1, 0.15) is 22.7 Å². The van der Waals surface area contributed by atoms with Gasteiger partial charge in [0.2, 0.25) is 0 Å². The Morgan fingerprint density at radius 3 is 2.85 bits per heavy atom. The van der Waals surface area contributed by atoms with Gasteiger partial charge in [0.25, 0.3) is 5.56 Å². The normalized spacial score (nSPS) is 15.4. The molecule has 27 heavy (non-hydrogen) atoms. The Balaban J connectivity index is 1.54. The summed E-state index contributed by atoms with van der Waals surface area (Å²) in [6.45, 7) is 9.60. The van der Waals surface area contributed by atoms with Gasteiger partial charge >= 0.3 is 0 Å². The number of aryl methyl sites for hydroxylation is 2. The maximum absolute atomic E-state index is 12.4. The summed E-state index contributed by atoms with van der Waals surface area (Å²) in [7, 11) is 0. The summed E-state index contributed by atoms with van der Waals surface area (Å²) in [6, 6.07) is 0. The van der Waals surface area contributed by atoms with Crippen LogP contribution in [0.4, 0.5) is 0 Å². The molecule has 0 atom stereocenters. The molecule has 0 unspecified atom stereocenters. The number of thiocarbonyl (C=S) groups is 1. The molecule has 148 valence electrons. The van der Waals surface area contributed by atoms with Crippen molar-refractivity contribution < 1.29 is 4.90 Å². The van der Waals surface area contributed by atoms with E-state index in [1.807, 2.05) is 25.6 Å². The molecular formula is C18H28N5OS3+. The summed E-state index contributed by atoms with van der Waals surface area (Å²) >= 11 is 8.99. The Hall–Kier alpha value is -1.16. The van der Waals surface area contributed by atoms with Crippen molar-refractivity contribution in [3.63, 3.8) is 0 Å². The minimum atomic E-state index is -0.00879. The average Bonchev–Trinajstić information content (AvgIpc) is 2.93. The lowest BCUT2D eigenvalue weighted by molar-refractivity contribution is -0.918. The molecule has 1 saturated heterocycles. The van der Waals surface area contributed by atoms with Crippen LogP contribution in [-0.2, 0) is 6.54 Å². The van der Waals surface area contributed by atoms with Crippen LogP contribution in [0.25, 0.3) is 10.2 Å². The molecule has 1 aliphatic heterocycles. The van der Waals surface area contributed by atoms with E-state index >= 15 is 0 Å². The average molecular weight is 427 g/mol. The largest absolute Gasteiger partial charge is 0.363 e. The van der Waals surface area contributed by atoms with Crippen LogP contribution in [0.3, 0.4) is 0 Å². The minimum Gasteiger partial charge on any atom is -0.363 e. The number of aromatic amines is 1. The number of hydrogen-bond acceptors (Lipinski definition) is 5. The first kappa shape index (κ1) is 20.6. The number of piperazine rings is 1. The summed E-state index contributed by atoms with van der Waals surface area (Å²) in [6.07, 6.45) is 3.26. The molecule has 3 N–H and O–H groups in total. The van der Waals surface area contributed by atoms with E-state index in [2.05, 4.69) is 21.5 Å². The fourth-order valence-electron chi connectivity index (χ4n) is 3.35. The number of nitrogens with zero attached hydrogens (tertiary/aromatic N) is 2. The summed E-state index contributed by atoms with van der Waals surface area (Å²) < 4.78 is 0. The van der Waals surface area contributed by atoms with E-state index < -0.39 is 0 Å². The maximum Gasteiger partial charge on any atom is 0.260 e. The van der Waals surface area contributed by atoms with Crippen LogP contribution in [0.2, 0.25) is 0 Å². The quantitative estimate of drug-likeness (QED) is 0.472. The second-order valence-electron chi connectivity index (χ2n) is 6.97. The summed E-state index contributed by atoms with van der Waals surface area (Å²) in [5.74, 6) is 1.95. The molecule has 0 bridgehead atoms. The molecule has 0 radical (unpaired) electrons. The molecule has 6 nitrogen and oxygen atoms in total. The summed E-state index contributed by atoms with van der Waals surface area (Å²) in [5.41, 5.74) is 1.04. The molecule has 9 heteroatoms. The fraction of sp³-hybridized carbons (Fsp3) is 0.611. The van der Waals surface area contributed by atoms with Crippen LogP contribution in [0, 0.1) is 13.8 Å². The summed E-state index contributed by atoms with van der Waals surface area (Å²) in [5, 5.41) is 4.98. The second kappa shape index (κ2) is 9.36. The third-order valence-corrected chi connectivity index (χ3v) is 7.27. The molecular weight excluding hydrogens is 398 g/mol. The van der Waals surface area contributed by atoms with Crippen molar-refractivity contribution in [2.75, 3.05) is 44.7 Å². The van der Waals surface area contributed by atoms with Gasteiger partial charge < -0.3 is 20.1 Å². The molecule has 0 amide bonds. The predicted octanol–water partition coefficient (Wildman–Crippen LogP) is 0.930. The Morgan fingerprint density at radius 2 is 2.15 bits per heavy atom. The van der Waals surface area contributed by atoms with Crippen molar-refractivity contribution in [1.82, 2.24) is 20.2 Å². The standard InChI is InChI=1S/C18H27N5OS3/c1-12-13(2)27-17-15(12)16(24)20-14(21-17)11-22-6-8-23(9-7-22)18(25)19-5-4-10-26-3/h4-11H2,1-3H3,(H,19,25)(H,20,21,24)/p+1. The van der Waals surface area contributed by atoms with Gasteiger partial charge in [0.05, 0.1) is 31.6 Å². The lowest BCUT2D eigenvalue weighted by Gasteiger charge is -2.33. The van der Waals surface area contributed by atoms with Crippen molar-refractivity contribution in [2.24, 2.45) is 0 Å². The molecule has 1 fully saturated rings. The number of rotatable bonds is 6. The van der Waals surface area contributed by atoms with Gasteiger partial charge in [0, 0.05) is 11.4 Å². The molecule has 0 aromatic carbocycles. The Labute approximate surface area is 173 Å². The first-order chi connectivity index (χ1) is 13.0. The first-order valence-corrected chi connectivity index (χ1v) is 12.0. The van der Waals surface area contributed by atoms with Crippen molar-refractivity contribution in [2.45, 2.75) is 26.8 Å².